The number of rotatable bonds is 9. The lowest BCUT2D eigenvalue weighted by Gasteiger charge is -2.09. The summed E-state index contributed by atoms with van der Waals surface area (Å²) in [5.74, 6) is -0.294. The number of carbonyl (C=O) groups excluding carboxylic acids is 1. The molecule has 0 radical (unpaired) electrons. The Morgan fingerprint density at radius 2 is 1.76 bits per heavy atom. The van der Waals surface area contributed by atoms with Crippen molar-refractivity contribution in [2.75, 3.05) is 19.6 Å². The van der Waals surface area contributed by atoms with Crippen molar-refractivity contribution in [2.24, 2.45) is 0 Å². The SMILES string of the molecule is CCNCCNC(=O)c1cccc(S(=O)(=O)NCc2ccccc2)c1. The maximum Gasteiger partial charge on any atom is 0.251 e. The van der Waals surface area contributed by atoms with Gasteiger partial charge in [-0.3, -0.25) is 4.79 Å². The summed E-state index contributed by atoms with van der Waals surface area (Å²) in [4.78, 5) is 12.2. The van der Waals surface area contributed by atoms with Crippen molar-refractivity contribution in [3.63, 3.8) is 0 Å². The molecule has 0 saturated heterocycles. The molecule has 0 aliphatic rings. The summed E-state index contributed by atoms with van der Waals surface area (Å²) in [7, 11) is -3.69. The molecule has 0 aliphatic heterocycles. The van der Waals surface area contributed by atoms with E-state index >= 15 is 0 Å². The maximum absolute atomic E-state index is 12.4. The Labute approximate surface area is 148 Å². The predicted octanol–water partition coefficient (Wildman–Crippen LogP) is 1.50. The smallest absolute Gasteiger partial charge is 0.251 e. The molecule has 0 spiro atoms. The first kappa shape index (κ1) is 19.1. The molecule has 0 bridgehead atoms. The fourth-order valence-corrected chi connectivity index (χ4v) is 3.27. The van der Waals surface area contributed by atoms with Gasteiger partial charge in [-0.1, -0.05) is 43.3 Å². The number of hydrogen-bond donors (Lipinski definition) is 3. The molecule has 0 heterocycles. The molecule has 7 heteroatoms. The summed E-state index contributed by atoms with van der Waals surface area (Å²) in [6, 6.07) is 15.3. The largest absolute Gasteiger partial charge is 0.351 e. The van der Waals surface area contributed by atoms with Crippen LogP contribution in [0.4, 0.5) is 0 Å². The second-order valence-electron chi connectivity index (χ2n) is 5.45. The molecular weight excluding hydrogens is 338 g/mol. The average molecular weight is 361 g/mol. The van der Waals surface area contributed by atoms with Gasteiger partial charge in [-0.05, 0) is 30.3 Å². The quantitative estimate of drug-likeness (QED) is 0.591. The minimum absolute atomic E-state index is 0.0720. The zero-order valence-corrected chi connectivity index (χ0v) is 15.0. The fraction of sp³-hybridized carbons (Fsp3) is 0.278. The van der Waals surface area contributed by atoms with Crippen LogP contribution in [0, 0.1) is 0 Å². The Morgan fingerprint density at radius 1 is 1.00 bits per heavy atom. The van der Waals surface area contributed by atoms with Crippen LogP contribution in [-0.2, 0) is 16.6 Å². The zero-order chi connectivity index (χ0) is 18.1. The van der Waals surface area contributed by atoms with E-state index < -0.39 is 10.0 Å². The maximum atomic E-state index is 12.4. The third-order valence-corrected chi connectivity index (χ3v) is 4.95. The van der Waals surface area contributed by atoms with Crippen LogP contribution in [0.5, 0.6) is 0 Å². The second kappa shape index (κ2) is 9.31. The highest BCUT2D eigenvalue weighted by Crippen LogP contribution is 2.12. The highest BCUT2D eigenvalue weighted by atomic mass is 32.2. The van der Waals surface area contributed by atoms with Crippen molar-refractivity contribution >= 4 is 15.9 Å². The molecule has 1 amide bonds. The molecule has 25 heavy (non-hydrogen) atoms. The molecular formula is C18H23N3O3S. The average Bonchev–Trinajstić information content (AvgIpc) is 2.64. The van der Waals surface area contributed by atoms with Gasteiger partial charge in [-0.25, -0.2) is 13.1 Å². The van der Waals surface area contributed by atoms with Gasteiger partial charge in [-0.15, -0.1) is 0 Å². The lowest BCUT2D eigenvalue weighted by Crippen LogP contribution is -2.32. The molecule has 2 aromatic rings. The number of likely N-dealkylation sites (N-methyl/N-ethyl adjacent to an activating group) is 1. The summed E-state index contributed by atoms with van der Waals surface area (Å²) >= 11 is 0. The Morgan fingerprint density at radius 3 is 2.48 bits per heavy atom. The summed E-state index contributed by atoms with van der Waals surface area (Å²) in [6.07, 6.45) is 0. The summed E-state index contributed by atoms with van der Waals surface area (Å²) < 4.78 is 27.4. The number of sulfonamides is 1. The number of hydrogen-bond acceptors (Lipinski definition) is 4. The second-order valence-corrected chi connectivity index (χ2v) is 7.21. The number of nitrogens with one attached hydrogen (secondary N) is 3. The lowest BCUT2D eigenvalue weighted by molar-refractivity contribution is 0.0953. The van der Waals surface area contributed by atoms with Crippen molar-refractivity contribution in [1.29, 1.82) is 0 Å². The van der Waals surface area contributed by atoms with Crippen LogP contribution in [0.25, 0.3) is 0 Å². The van der Waals surface area contributed by atoms with Crippen LogP contribution in [-0.4, -0.2) is 34.0 Å². The first-order valence-electron chi connectivity index (χ1n) is 8.15. The molecule has 3 N–H and O–H groups in total. The zero-order valence-electron chi connectivity index (χ0n) is 14.2. The molecule has 0 atom stereocenters. The monoisotopic (exact) mass is 361 g/mol. The van der Waals surface area contributed by atoms with E-state index in [0.29, 0.717) is 18.7 Å². The van der Waals surface area contributed by atoms with Gasteiger partial charge in [0.25, 0.3) is 5.91 Å². The van der Waals surface area contributed by atoms with Gasteiger partial charge in [0, 0.05) is 25.2 Å². The van der Waals surface area contributed by atoms with E-state index in [1.54, 1.807) is 12.1 Å². The molecule has 0 aromatic heterocycles. The third kappa shape index (κ3) is 5.97. The van der Waals surface area contributed by atoms with Gasteiger partial charge < -0.3 is 10.6 Å². The molecule has 134 valence electrons. The van der Waals surface area contributed by atoms with Crippen molar-refractivity contribution in [2.45, 2.75) is 18.4 Å². The van der Waals surface area contributed by atoms with E-state index in [2.05, 4.69) is 15.4 Å². The van der Waals surface area contributed by atoms with E-state index in [0.717, 1.165) is 12.1 Å². The molecule has 0 fully saturated rings. The van der Waals surface area contributed by atoms with Crippen LogP contribution < -0.4 is 15.4 Å². The van der Waals surface area contributed by atoms with Crippen LogP contribution in [0.2, 0.25) is 0 Å². The molecule has 0 saturated carbocycles. The summed E-state index contributed by atoms with van der Waals surface area (Å²) in [6.45, 7) is 4.16. The summed E-state index contributed by atoms with van der Waals surface area (Å²) in [5.41, 5.74) is 1.18. The Bertz CT molecular complexity index is 792. The first-order valence-corrected chi connectivity index (χ1v) is 9.64. The van der Waals surface area contributed by atoms with E-state index in [-0.39, 0.29) is 17.3 Å². The third-order valence-electron chi connectivity index (χ3n) is 3.55. The van der Waals surface area contributed by atoms with Crippen molar-refractivity contribution in [1.82, 2.24) is 15.4 Å². The van der Waals surface area contributed by atoms with Crippen LogP contribution >= 0.6 is 0 Å². The lowest BCUT2D eigenvalue weighted by atomic mass is 10.2. The number of carbonyl (C=O) groups is 1. The van der Waals surface area contributed by atoms with E-state index in [9.17, 15) is 13.2 Å². The molecule has 0 aliphatic carbocycles. The predicted molar refractivity (Wildman–Crippen MR) is 97.8 cm³/mol. The van der Waals surface area contributed by atoms with Crippen molar-refractivity contribution < 1.29 is 13.2 Å². The molecule has 0 unspecified atom stereocenters. The molecule has 6 nitrogen and oxygen atoms in total. The number of amides is 1. The molecule has 2 rings (SSSR count). The Hall–Kier alpha value is -2.22. The standard InChI is InChI=1S/C18H23N3O3S/c1-2-19-11-12-20-18(22)16-9-6-10-17(13-16)25(23,24)21-14-15-7-4-3-5-8-15/h3-10,13,19,21H,2,11-12,14H2,1H3,(H,20,22). The van der Waals surface area contributed by atoms with Gasteiger partial charge in [-0.2, -0.15) is 0 Å². The Kier molecular flexibility index (Phi) is 7.12. The number of benzene rings is 2. The van der Waals surface area contributed by atoms with Crippen molar-refractivity contribution in [3.8, 4) is 0 Å². The van der Waals surface area contributed by atoms with Gasteiger partial charge in [0.15, 0.2) is 0 Å². The van der Waals surface area contributed by atoms with E-state index in [1.807, 2.05) is 37.3 Å². The van der Waals surface area contributed by atoms with E-state index in [4.69, 9.17) is 0 Å². The van der Waals surface area contributed by atoms with Crippen LogP contribution in [0.15, 0.2) is 59.5 Å². The van der Waals surface area contributed by atoms with Gasteiger partial charge in [0.2, 0.25) is 10.0 Å². The topological polar surface area (TPSA) is 87.3 Å². The van der Waals surface area contributed by atoms with Gasteiger partial charge in [0.1, 0.15) is 0 Å². The highest BCUT2D eigenvalue weighted by molar-refractivity contribution is 7.89. The van der Waals surface area contributed by atoms with E-state index in [1.165, 1.54) is 12.1 Å². The van der Waals surface area contributed by atoms with Crippen LogP contribution in [0.3, 0.4) is 0 Å². The van der Waals surface area contributed by atoms with Gasteiger partial charge >= 0.3 is 0 Å². The van der Waals surface area contributed by atoms with Gasteiger partial charge in [0.05, 0.1) is 4.90 Å². The first-order chi connectivity index (χ1) is 12.0. The normalized spacial score (nSPS) is 11.2. The Balaban J connectivity index is 2.02. The summed E-state index contributed by atoms with van der Waals surface area (Å²) in [5, 5.41) is 5.86. The van der Waals surface area contributed by atoms with Crippen LogP contribution in [0.1, 0.15) is 22.8 Å². The minimum atomic E-state index is -3.69. The highest BCUT2D eigenvalue weighted by Gasteiger charge is 2.16. The minimum Gasteiger partial charge on any atom is -0.351 e. The fourth-order valence-electron chi connectivity index (χ4n) is 2.21. The molecule has 2 aromatic carbocycles. The van der Waals surface area contributed by atoms with Crippen molar-refractivity contribution in [3.05, 3.63) is 65.7 Å².